The molecule has 10 heteroatoms. The number of phosphoric ester groups is 1. The molecule has 0 bridgehead atoms. The highest BCUT2D eigenvalue weighted by atomic mass is 31.2. The number of hydrogen-bond acceptors (Lipinski definition) is 7. The average molecular weight is 735 g/mol. The Morgan fingerprint density at radius 2 is 1.06 bits per heavy atom. The maximum absolute atomic E-state index is 12.3. The zero-order valence-corrected chi connectivity index (χ0v) is 32.2. The van der Waals surface area contributed by atoms with E-state index in [-0.39, 0.29) is 25.6 Å². The number of carbonyl (C=O) groups excluding carboxylic acids is 2. The van der Waals surface area contributed by atoms with Crippen LogP contribution in [0.15, 0.2) is 85.1 Å². The SMILES string of the molecule is CCCCC/C=C\C/C=C\C/C=C\CCCCC(=O)OC[C@H](COP(=O)(O)O)OC(=O)CCC/C=C\C/C=C\C/C=C\C/C=C\CC(O)CCC. The second-order valence-electron chi connectivity index (χ2n) is 12.4. The first-order chi connectivity index (χ1) is 24.7. The molecule has 0 aliphatic rings. The first-order valence-corrected chi connectivity index (χ1v) is 20.5. The highest BCUT2D eigenvalue weighted by Crippen LogP contribution is 2.35. The molecule has 0 spiro atoms. The number of hydrogen-bond donors (Lipinski definition) is 3. The lowest BCUT2D eigenvalue weighted by atomic mass is 10.1. The summed E-state index contributed by atoms with van der Waals surface area (Å²) in [6.07, 6.45) is 43.7. The normalized spacial score (nSPS) is 14.1. The smallest absolute Gasteiger partial charge is 0.462 e. The molecular weight excluding hydrogens is 667 g/mol. The maximum Gasteiger partial charge on any atom is 0.469 e. The predicted octanol–water partition coefficient (Wildman–Crippen LogP) is 10.3. The minimum absolute atomic E-state index is 0.108. The van der Waals surface area contributed by atoms with Crippen molar-refractivity contribution in [1.82, 2.24) is 0 Å². The van der Waals surface area contributed by atoms with Crippen LogP contribution in [0.3, 0.4) is 0 Å². The van der Waals surface area contributed by atoms with Crippen LogP contribution in [0.25, 0.3) is 0 Å². The van der Waals surface area contributed by atoms with Gasteiger partial charge in [-0.3, -0.25) is 14.1 Å². The summed E-state index contributed by atoms with van der Waals surface area (Å²) in [7, 11) is -4.79. The van der Waals surface area contributed by atoms with Crippen LogP contribution in [-0.2, 0) is 28.2 Å². The highest BCUT2D eigenvalue weighted by molar-refractivity contribution is 7.46. The van der Waals surface area contributed by atoms with E-state index in [0.717, 1.165) is 64.2 Å². The molecule has 0 saturated carbocycles. The zero-order chi connectivity index (χ0) is 37.7. The number of rotatable bonds is 33. The van der Waals surface area contributed by atoms with E-state index in [1.54, 1.807) is 0 Å². The molecule has 0 radical (unpaired) electrons. The molecular formula is C41H67O9P. The van der Waals surface area contributed by atoms with Gasteiger partial charge in [0.15, 0.2) is 6.10 Å². The molecule has 0 aliphatic carbocycles. The van der Waals surface area contributed by atoms with Crippen LogP contribution in [0.2, 0.25) is 0 Å². The van der Waals surface area contributed by atoms with Crippen molar-refractivity contribution in [3.63, 3.8) is 0 Å². The molecule has 0 heterocycles. The Morgan fingerprint density at radius 3 is 1.57 bits per heavy atom. The molecule has 0 amide bonds. The van der Waals surface area contributed by atoms with Crippen LogP contribution in [0.5, 0.6) is 0 Å². The van der Waals surface area contributed by atoms with Crippen molar-refractivity contribution >= 4 is 19.8 Å². The van der Waals surface area contributed by atoms with Crippen molar-refractivity contribution in [3.05, 3.63) is 85.1 Å². The molecule has 1 unspecified atom stereocenters. The molecule has 9 nitrogen and oxygen atoms in total. The molecule has 0 saturated heterocycles. The van der Waals surface area contributed by atoms with Crippen LogP contribution >= 0.6 is 7.82 Å². The lowest BCUT2D eigenvalue weighted by Gasteiger charge is -2.18. The second-order valence-corrected chi connectivity index (χ2v) is 13.6. The van der Waals surface area contributed by atoms with E-state index in [0.29, 0.717) is 25.7 Å². The van der Waals surface area contributed by atoms with Crippen LogP contribution < -0.4 is 0 Å². The van der Waals surface area contributed by atoms with Gasteiger partial charge in [-0.25, -0.2) is 4.57 Å². The topological polar surface area (TPSA) is 140 Å². The summed E-state index contributed by atoms with van der Waals surface area (Å²) in [5, 5.41) is 9.70. The molecule has 290 valence electrons. The van der Waals surface area contributed by atoms with E-state index in [1.807, 2.05) is 18.2 Å². The van der Waals surface area contributed by atoms with Gasteiger partial charge in [0.1, 0.15) is 6.61 Å². The van der Waals surface area contributed by atoms with Gasteiger partial charge in [-0.1, -0.05) is 118 Å². The van der Waals surface area contributed by atoms with Gasteiger partial charge in [-0.2, -0.15) is 0 Å². The van der Waals surface area contributed by atoms with Gasteiger partial charge >= 0.3 is 19.8 Å². The molecule has 0 rings (SSSR count). The largest absolute Gasteiger partial charge is 0.469 e. The monoisotopic (exact) mass is 734 g/mol. The summed E-state index contributed by atoms with van der Waals surface area (Å²) in [4.78, 5) is 42.7. The van der Waals surface area contributed by atoms with Gasteiger partial charge in [0, 0.05) is 12.8 Å². The van der Waals surface area contributed by atoms with E-state index < -0.39 is 32.5 Å². The highest BCUT2D eigenvalue weighted by Gasteiger charge is 2.22. The van der Waals surface area contributed by atoms with Crippen molar-refractivity contribution in [2.45, 2.75) is 148 Å². The molecule has 0 aliphatic heterocycles. The van der Waals surface area contributed by atoms with Gasteiger partial charge < -0.3 is 24.4 Å². The Morgan fingerprint density at radius 1 is 0.588 bits per heavy atom. The number of aliphatic hydroxyl groups excluding tert-OH is 1. The average Bonchev–Trinajstić information content (AvgIpc) is 3.09. The summed E-state index contributed by atoms with van der Waals surface area (Å²) in [6.45, 7) is 3.35. The lowest BCUT2D eigenvalue weighted by molar-refractivity contribution is -0.161. The third-order valence-corrected chi connectivity index (χ3v) is 7.93. The third-order valence-electron chi connectivity index (χ3n) is 7.44. The quantitative estimate of drug-likeness (QED) is 0.0260. The Bertz CT molecular complexity index is 1110. The van der Waals surface area contributed by atoms with Gasteiger partial charge in [0.25, 0.3) is 0 Å². The fourth-order valence-corrected chi connectivity index (χ4v) is 4.98. The number of allylic oxidation sites excluding steroid dienone is 13. The standard InChI is InChI=1S/C41H67O9P/c1-3-5-6-7-8-9-10-11-12-15-18-21-24-27-30-34-40(43)48-36-39(37-49-51(45,46)47)50-41(44)35-31-28-25-22-19-16-13-14-17-20-23-26-29-33-38(42)32-4-2/h8-9,11-13,16-18,20-22,25-26,29,38-39,42H,3-7,10,14-15,19,23-24,27-28,30-37H2,1-2H3,(H2,45,46,47)/b9-8-,12-11-,16-13-,20-17-,21-18-,25-22-,29-26-/t38?,39-/m1/s1. The van der Waals surface area contributed by atoms with Crippen LogP contribution in [0.1, 0.15) is 136 Å². The minimum atomic E-state index is -4.79. The van der Waals surface area contributed by atoms with E-state index in [4.69, 9.17) is 19.3 Å². The van der Waals surface area contributed by atoms with Crippen molar-refractivity contribution in [3.8, 4) is 0 Å². The summed E-state index contributed by atoms with van der Waals surface area (Å²) in [5.74, 6) is -1.03. The lowest BCUT2D eigenvalue weighted by Crippen LogP contribution is -2.29. The fourth-order valence-electron chi connectivity index (χ4n) is 4.62. The number of esters is 2. The van der Waals surface area contributed by atoms with Crippen LogP contribution in [-0.4, -0.2) is 52.3 Å². The van der Waals surface area contributed by atoms with E-state index >= 15 is 0 Å². The van der Waals surface area contributed by atoms with Gasteiger partial charge in [0.2, 0.25) is 0 Å². The van der Waals surface area contributed by atoms with Gasteiger partial charge in [-0.05, 0) is 89.9 Å². The number of phosphoric acid groups is 1. The summed E-state index contributed by atoms with van der Waals surface area (Å²) in [6, 6.07) is 0. The van der Waals surface area contributed by atoms with Gasteiger partial charge in [0.05, 0.1) is 12.7 Å². The van der Waals surface area contributed by atoms with E-state index in [9.17, 15) is 19.3 Å². The predicted molar refractivity (Wildman–Crippen MR) is 208 cm³/mol. The summed E-state index contributed by atoms with van der Waals surface area (Å²) < 4.78 is 26.2. The van der Waals surface area contributed by atoms with E-state index in [2.05, 4.69) is 85.2 Å². The minimum Gasteiger partial charge on any atom is -0.462 e. The van der Waals surface area contributed by atoms with Crippen molar-refractivity contribution < 1.29 is 43.0 Å². The first kappa shape index (κ1) is 48.2. The first-order valence-electron chi connectivity index (χ1n) is 19.0. The zero-order valence-electron chi connectivity index (χ0n) is 31.3. The number of aliphatic hydroxyl groups is 1. The maximum atomic E-state index is 12.3. The number of carbonyl (C=O) groups is 2. The Labute approximate surface area is 308 Å². The molecule has 2 atom stereocenters. The summed E-state index contributed by atoms with van der Waals surface area (Å²) in [5.41, 5.74) is 0. The Hall–Kier alpha value is -2.81. The molecule has 0 aromatic carbocycles. The molecule has 3 N–H and O–H groups in total. The van der Waals surface area contributed by atoms with Gasteiger partial charge in [-0.15, -0.1) is 0 Å². The second kappa shape index (κ2) is 35.6. The Balaban J connectivity index is 4.19. The summed E-state index contributed by atoms with van der Waals surface area (Å²) >= 11 is 0. The van der Waals surface area contributed by atoms with Crippen molar-refractivity contribution in [2.24, 2.45) is 0 Å². The van der Waals surface area contributed by atoms with E-state index in [1.165, 1.54) is 19.3 Å². The fraction of sp³-hybridized carbons (Fsp3) is 0.610. The molecule has 0 aromatic heterocycles. The van der Waals surface area contributed by atoms with Crippen LogP contribution in [0, 0.1) is 0 Å². The molecule has 51 heavy (non-hydrogen) atoms. The molecule has 0 fully saturated rings. The van der Waals surface area contributed by atoms with Crippen molar-refractivity contribution in [1.29, 1.82) is 0 Å². The van der Waals surface area contributed by atoms with Crippen LogP contribution in [0.4, 0.5) is 0 Å². The molecule has 0 aromatic rings. The third kappa shape index (κ3) is 38.3. The Kier molecular flexibility index (Phi) is 33.6. The number of ether oxygens (including phenoxy) is 2. The number of unbranched alkanes of at least 4 members (excludes halogenated alkanes) is 6. The van der Waals surface area contributed by atoms with Crippen molar-refractivity contribution in [2.75, 3.05) is 13.2 Å².